The van der Waals surface area contributed by atoms with Gasteiger partial charge in [0.2, 0.25) is 0 Å². The molecule has 0 aliphatic rings. The molecule has 1 heterocycles. The lowest BCUT2D eigenvalue weighted by molar-refractivity contribution is 0.0885. The van der Waals surface area contributed by atoms with E-state index in [1.165, 1.54) is 5.01 Å². The van der Waals surface area contributed by atoms with Gasteiger partial charge < -0.3 is 14.6 Å². The Morgan fingerprint density at radius 2 is 2.15 bits per heavy atom. The molecule has 1 amide bonds. The molecule has 0 aliphatic carbocycles. The predicted octanol–water partition coefficient (Wildman–Crippen LogP) is 2.79. The number of ether oxygens (including phenoxy) is 1. The van der Waals surface area contributed by atoms with Gasteiger partial charge in [-0.1, -0.05) is 35.0 Å². The smallest absolute Gasteiger partial charge is 0.275 e. The maximum Gasteiger partial charge on any atom is 0.275 e. The number of aromatic nitrogens is 1. The third kappa shape index (κ3) is 4.94. The number of hydrogen-bond donors (Lipinski definition) is 2. The molecule has 140 valence electrons. The molecular formula is C17H21ClN4O3S. The molecule has 7 nitrogen and oxygen atoms in total. The summed E-state index contributed by atoms with van der Waals surface area (Å²) in [7, 11) is 3.30. The van der Waals surface area contributed by atoms with E-state index in [0.29, 0.717) is 45.9 Å². The third-order valence-electron chi connectivity index (χ3n) is 3.59. The number of nitrogens with zero attached hydrogens (tertiary/aromatic N) is 2. The van der Waals surface area contributed by atoms with Crippen LogP contribution in [0.25, 0.3) is 11.3 Å². The van der Waals surface area contributed by atoms with Crippen molar-refractivity contribution >= 4 is 34.8 Å². The van der Waals surface area contributed by atoms with Crippen molar-refractivity contribution in [3.8, 4) is 11.3 Å². The summed E-state index contributed by atoms with van der Waals surface area (Å²) in [4.78, 5) is 12.7. The summed E-state index contributed by atoms with van der Waals surface area (Å²) in [5.41, 5.74) is 4.03. The van der Waals surface area contributed by atoms with E-state index in [4.69, 9.17) is 33.1 Å². The Labute approximate surface area is 162 Å². The molecule has 9 heteroatoms. The van der Waals surface area contributed by atoms with Crippen LogP contribution in [0.2, 0.25) is 5.02 Å². The van der Waals surface area contributed by atoms with Crippen molar-refractivity contribution in [2.45, 2.75) is 13.3 Å². The average Bonchev–Trinajstić information content (AvgIpc) is 3.00. The van der Waals surface area contributed by atoms with Crippen molar-refractivity contribution in [2.24, 2.45) is 0 Å². The highest BCUT2D eigenvalue weighted by atomic mass is 35.5. The van der Waals surface area contributed by atoms with Gasteiger partial charge >= 0.3 is 0 Å². The molecule has 26 heavy (non-hydrogen) atoms. The molecule has 0 atom stereocenters. The van der Waals surface area contributed by atoms with Crippen LogP contribution in [0.3, 0.4) is 0 Å². The number of hydrogen-bond acceptors (Lipinski definition) is 5. The minimum absolute atomic E-state index is 0.312. The number of nitrogens with one attached hydrogen (secondary N) is 2. The van der Waals surface area contributed by atoms with Crippen molar-refractivity contribution < 1.29 is 14.1 Å². The molecule has 2 rings (SSSR count). The van der Waals surface area contributed by atoms with Crippen LogP contribution < -0.4 is 10.7 Å². The molecule has 1 aromatic carbocycles. The highest BCUT2D eigenvalue weighted by Crippen LogP contribution is 2.30. The van der Waals surface area contributed by atoms with Crippen molar-refractivity contribution in [3.05, 3.63) is 40.6 Å². The average molecular weight is 397 g/mol. The van der Waals surface area contributed by atoms with Crippen LogP contribution in [0.4, 0.5) is 0 Å². The van der Waals surface area contributed by atoms with E-state index in [1.807, 2.05) is 6.07 Å². The lowest BCUT2D eigenvalue weighted by Gasteiger charge is -2.21. The number of amides is 1. The van der Waals surface area contributed by atoms with Gasteiger partial charge in [0.25, 0.3) is 5.91 Å². The minimum atomic E-state index is -0.387. The molecule has 0 unspecified atom stereocenters. The Balaban J connectivity index is 2.09. The summed E-state index contributed by atoms with van der Waals surface area (Å²) in [6, 6.07) is 7.13. The topological polar surface area (TPSA) is 79.6 Å². The van der Waals surface area contributed by atoms with Gasteiger partial charge in [-0.15, -0.1) is 0 Å². The zero-order valence-electron chi connectivity index (χ0n) is 14.8. The third-order valence-corrected chi connectivity index (χ3v) is 4.34. The number of aryl methyl sites for hydroxylation is 1. The van der Waals surface area contributed by atoms with Gasteiger partial charge in [0, 0.05) is 32.9 Å². The number of methoxy groups -OCH3 is 1. The van der Waals surface area contributed by atoms with Crippen molar-refractivity contribution in [3.63, 3.8) is 0 Å². The predicted molar refractivity (Wildman–Crippen MR) is 104 cm³/mol. The Bertz CT molecular complexity index is 781. The lowest BCUT2D eigenvalue weighted by Crippen LogP contribution is -2.48. The molecule has 0 spiro atoms. The minimum Gasteiger partial charge on any atom is -0.385 e. The second-order valence-corrected chi connectivity index (χ2v) is 6.31. The fourth-order valence-electron chi connectivity index (χ4n) is 2.27. The number of carbonyl (C=O) groups is 1. The second kappa shape index (κ2) is 9.51. The number of halogens is 1. The quantitative estimate of drug-likeness (QED) is 0.441. The van der Waals surface area contributed by atoms with E-state index in [0.717, 1.165) is 6.42 Å². The van der Waals surface area contributed by atoms with Crippen molar-refractivity contribution in [1.29, 1.82) is 0 Å². The summed E-state index contributed by atoms with van der Waals surface area (Å²) in [5, 5.41) is 9.34. The Morgan fingerprint density at radius 1 is 1.42 bits per heavy atom. The highest BCUT2D eigenvalue weighted by Gasteiger charge is 2.24. The van der Waals surface area contributed by atoms with Crippen LogP contribution in [0.15, 0.2) is 28.8 Å². The Hall–Kier alpha value is -2.16. The van der Waals surface area contributed by atoms with Gasteiger partial charge in [-0.25, -0.2) is 0 Å². The normalized spacial score (nSPS) is 10.5. The number of benzene rings is 1. The SMILES string of the molecule is COCCCNC(=S)N(C)NC(=O)c1c(-c2ccccc2Cl)noc1C. The number of carbonyl (C=O) groups excluding carboxylic acids is 1. The van der Waals surface area contributed by atoms with Gasteiger partial charge in [0.1, 0.15) is 17.0 Å². The van der Waals surface area contributed by atoms with E-state index < -0.39 is 0 Å². The van der Waals surface area contributed by atoms with Gasteiger partial charge in [-0.3, -0.25) is 15.2 Å². The molecule has 0 saturated carbocycles. The summed E-state index contributed by atoms with van der Waals surface area (Å²) < 4.78 is 10.2. The van der Waals surface area contributed by atoms with E-state index in [-0.39, 0.29) is 5.91 Å². The zero-order valence-corrected chi connectivity index (χ0v) is 16.4. The van der Waals surface area contributed by atoms with Gasteiger partial charge in [-0.2, -0.15) is 0 Å². The molecule has 2 N–H and O–H groups in total. The first-order valence-electron chi connectivity index (χ1n) is 7.98. The molecular weight excluding hydrogens is 376 g/mol. The lowest BCUT2D eigenvalue weighted by atomic mass is 10.1. The van der Waals surface area contributed by atoms with Gasteiger partial charge in [0.15, 0.2) is 5.11 Å². The highest BCUT2D eigenvalue weighted by molar-refractivity contribution is 7.80. The molecule has 0 fully saturated rings. The Kier molecular flexibility index (Phi) is 7.38. The summed E-state index contributed by atoms with van der Waals surface area (Å²) in [6.45, 7) is 2.94. The number of hydrazine groups is 1. The van der Waals surface area contributed by atoms with E-state index in [2.05, 4.69) is 15.9 Å². The summed E-state index contributed by atoms with van der Waals surface area (Å²) in [6.07, 6.45) is 0.805. The standard InChI is InChI=1S/C17H21ClN4O3S/c1-11-14(15(21-25-11)12-7-4-5-8-13(12)18)16(23)20-22(2)17(26)19-9-6-10-24-3/h4-5,7-8H,6,9-10H2,1-3H3,(H,19,26)(H,20,23). The van der Waals surface area contributed by atoms with Gasteiger partial charge in [0.05, 0.1) is 5.02 Å². The first-order valence-corrected chi connectivity index (χ1v) is 8.77. The molecule has 0 bridgehead atoms. The molecule has 0 radical (unpaired) electrons. The van der Waals surface area contributed by atoms with Crippen molar-refractivity contribution in [1.82, 2.24) is 20.9 Å². The van der Waals surface area contributed by atoms with E-state index in [1.54, 1.807) is 39.3 Å². The fourth-order valence-corrected chi connectivity index (χ4v) is 2.64. The van der Waals surface area contributed by atoms with Crippen LogP contribution in [0.1, 0.15) is 22.5 Å². The maximum absolute atomic E-state index is 12.7. The molecule has 2 aromatic rings. The van der Waals surface area contributed by atoms with Crippen LogP contribution in [-0.4, -0.2) is 48.5 Å². The second-order valence-electron chi connectivity index (χ2n) is 5.52. The molecule has 0 aliphatic heterocycles. The first-order chi connectivity index (χ1) is 12.5. The van der Waals surface area contributed by atoms with E-state index >= 15 is 0 Å². The number of rotatable bonds is 6. The summed E-state index contributed by atoms with van der Waals surface area (Å²) >= 11 is 11.5. The molecule has 0 saturated heterocycles. The number of thiocarbonyl (C=S) groups is 1. The monoisotopic (exact) mass is 396 g/mol. The Morgan fingerprint density at radius 3 is 2.85 bits per heavy atom. The fraction of sp³-hybridized carbons (Fsp3) is 0.353. The zero-order chi connectivity index (χ0) is 19.1. The van der Waals surface area contributed by atoms with Crippen LogP contribution >= 0.6 is 23.8 Å². The van der Waals surface area contributed by atoms with Crippen LogP contribution in [-0.2, 0) is 4.74 Å². The van der Waals surface area contributed by atoms with Crippen molar-refractivity contribution in [2.75, 3.05) is 27.3 Å². The maximum atomic E-state index is 12.7. The largest absolute Gasteiger partial charge is 0.385 e. The van der Waals surface area contributed by atoms with Crippen LogP contribution in [0.5, 0.6) is 0 Å². The summed E-state index contributed by atoms with van der Waals surface area (Å²) in [5.74, 6) is 0.00648. The van der Waals surface area contributed by atoms with E-state index in [9.17, 15) is 4.79 Å². The van der Waals surface area contributed by atoms with Gasteiger partial charge in [-0.05, 0) is 31.6 Å². The first kappa shape index (κ1) is 20.2. The van der Waals surface area contributed by atoms with Crippen LogP contribution in [0, 0.1) is 6.92 Å². The molecule has 1 aromatic heterocycles.